The quantitative estimate of drug-likeness (QED) is 0.527. The van der Waals surface area contributed by atoms with E-state index in [1.165, 1.54) is 0 Å². The van der Waals surface area contributed by atoms with E-state index in [1.54, 1.807) is 4.57 Å². The topological polar surface area (TPSA) is 31.2 Å². The Morgan fingerprint density at radius 3 is 2.11 bits per heavy atom. The molecule has 0 fully saturated rings. The van der Waals surface area contributed by atoms with Gasteiger partial charge in [0.15, 0.2) is 0 Å². The average molecular weight is 357 g/mol. The fraction of sp³-hybridized carbons (Fsp3) is 0.208. The third-order valence-electron chi connectivity index (χ3n) is 4.01. The van der Waals surface area contributed by atoms with Gasteiger partial charge in [-0.05, 0) is 51.5 Å². The van der Waals surface area contributed by atoms with Gasteiger partial charge in [-0.3, -0.25) is 0 Å². The molecule has 1 aromatic heterocycles. The largest absolute Gasteiger partial charge is 0.443 e. The first-order chi connectivity index (χ1) is 12.8. The smallest absolute Gasteiger partial charge is 0.419 e. The molecule has 0 spiro atoms. The lowest BCUT2D eigenvalue weighted by Gasteiger charge is -2.21. The first kappa shape index (κ1) is 18.5. The molecule has 0 saturated heterocycles. The summed E-state index contributed by atoms with van der Waals surface area (Å²) >= 11 is 0. The van der Waals surface area contributed by atoms with Gasteiger partial charge in [-0.15, -0.1) is 0 Å². The van der Waals surface area contributed by atoms with Crippen LogP contribution < -0.4 is 0 Å². The lowest BCUT2D eigenvalue weighted by atomic mass is 10.1. The van der Waals surface area contributed by atoms with Crippen LogP contribution in [0.25, 0.3) is 11.3 Å². The molecule has 0 aliphatic carbocycles. The first-order valence-corrected chi connectivity index (χ1v) is 8.93. The molecule has 0 aliphatic heterocycles. The Balaban J connectivity index is 2.09. The summed E-state index contributed by atoms with van der Waals surface area (Å²) in [4.78, 5) is 12.9. The standard InChI is InChI=1S/C24H23NO2/c1-18-21(16-15-19-11-7-5-8-12-19)17-22(20-13-9-6-10-14-20)25(18)23(26)27-24(2,3)4/h5-14,17H,1-4H3. The maximum Gasteiger partial charge on any atom is 0.419 e. The van der Waals surface area contributed by atoms with Crippen molar-refractivity contribution in [3.63, 3.8) is 0 Å². The van der Waals surface area contributed by atoms with Crippen LogP contribution in [0, 0.1) is 18.8 Å². The van der Waals surface area contributed by atoms with E-state index < -0.39 is 11.7 Å². The number of benzene rings is 2. The molecule has 3 nitrogen and oxygen atoms in total. The van der Waals surface area contributed by atoms with Gasteiger partial charge in [0.1, 0.15) is 5.60 Å². The highest BCUT2D eigenvalue weighted by Crippen LogP contribution is 2.27. The highest BCUT2D eigenvalue weighted by molar-refractivity contribution is 5.81. The summed E-state index contributed by atoms with van der Waals surface area (Å²) in [6.07, 6.45) is -0.397. The predicted octanol–water partition coefficient (Wildman–Crippen LogP) is 5.65. The van der Waals surface area contributed by atoms with Crippen LogP contribution in [0.3, 0.4) is 0 Å². The Labute approximate surface area is 160 Å². The number of hydrogen-bond acceptors (Lipinski definition) is 2. The van der Waals surface area contributed by atoms with E-state index in [4.69, 9.17) is 4.74 Å². The van der Waals surface area contributed by atoms with Crippen molar-refractivity contribution in [3.8, 4) is 23.1 Å². The van der Waals surface area contributed by atoms with Crippen LogP contribution in [0.1, 0.15) is 37.6 Å². The number of rotatable bonds is 1. The van der Waals surface area contributed by atoms with E-state index in [2.05, 4.69) is 11.8 Å². The van der Waals surface area contributed by atoms with Gasteiger partial charge >= 0.3 is 6.09 Å². The number of hydrogen-bond donors (Lipinski definition) is 0. The molecule has 0 saturated carbocycles. The Morgan fingerprint density at radius 2 is 1.52 bits per heavy atom. The van der Waals surface area contributed by atoms with Crippen LogP contribution in [-0.4, -0.2) is 16.3 Å². The van der Waals surface area contributed by atoms with Crippen LogP contribution in [0.4, 0.5) is 4.79 Å². The normalized spacial score (nSPS) is 10.8. The van der Waals surface area contributed by atoms with Crippen LogP contribution in [0.15, 0.2) is 66.7 Å². The van der Waals surface area contributed by atoms with Crippen LogP contribution in [-0.2, 0) is 4.74 Å². The molecule has 0 atom stereocenters. The molecule has 1 heterocycles. The second-order valence-corrected chi connectivity index (χ2v) is 7.33. The summed E-state index contributed by atoms with van der Waals surface area (Å²) in [7, 11) is 0. The predicted molar refractivity (Wildman–Crippen MR) is 109 cm³/mol. The lowest BCUT2D eigenvalue weighted by Crippen LogP contribution is -2.28. The molecule has 0 radical (unpaired) electrons. The van der Waals surface area contributed by atoms with Gasteiger partial charge in [-0.1, -0.05) is 60.4 Å². The second kappa shape index (κ2) is 7.55. The molecule has 0 amide bonds. The fourth-order valence-electron chi connectivity index (χ4n) is 2.76. The summed E-state index contributed by atoms with van der Waals surface area (Å²) in [6, 6.07) is 21.6. The zero-order valence-corrected chi connectivity index (χ0v) is 16.1. The van der Waals surface area contributed by atoms with E-state index in [9.17, 15) is 4.79 Å². The van der Waals surface area contributed by atoms with Crippen molar-refractivity contribution in [2.75, 3.05) is 0 Å². The van der Waals surface area contributed by atoms with E-state index >= 15 is 0 Å². The Kier molecular flexibility index (Phi) is 5.19. The van der Waals surface area contributed by atoms with Crippen molar-refractivity contribution in [1.82, 2.24) is 4.57 Å². The van der Waals surface area contributed by atoms with Crippen molar-refractivity contribution in [2.24, 2.45) is 0 Å². The van der Waals surface area contributed by atoms with Crippen LogP contribution in [0.2, 0.25) is 0 Å². The number of nitrogens with zero attached hydrogens (tertiary/aromatic N) is 1. The molecule has 3 heteroatoms. The number of aromatic nitrogens is 1. The van der Waals surface area contributed by atoms with E-state index in [0.717, 1.165) is 28.1 Å². The fourth-order valence-corrected chi connectivity index (χ4v) is 2.76. The van der Waals surface area contributed by atoms with Crippen molar-refractivity contribution >= 4 is 6.09 Å². The molecule has 3 aromatic rings. The summed E-state index contributed by atoms with van der Waals surface area (Å²) in [5.74, 6) is 6.36. The van der Waals surface area contributed by atoms with Gasteiger partial charge in [0.05, 0.1) is 5.69 Å². The number of ether oxygens (including phenoxy) is 1. The van der Waals surface area contributed by atoms with Gasteiger partial charge in [-0.25, -0.2) is 9.36 Å². The zero-order valence-electron chi connectivity index (χ0n) is 16.1. The molecule has 0 aliphatic rings. The van der Waals surface area contributed by atoms with Gasteiger partial charge in [-0.2, -0.15) is 0 Å². The van der Waals surface area contributed by atoms with Crippen LogP contribution in [0.5, 0.6) is 0 Å². The van der Waals surface area contributed by atoms with Gasteiger partial charge in [0.25, 0.3) is 0 Å². The van der Waals surface area contributed by atoms with Crippen molar-refractivity contribution in [1.29, 1.82) is 0 Å². The van der Waals surface area contributed by atoms with Gasteiger partial charge < -0.3 is 4.74 Å². The maximum absolute atomic E-state index is 12.9. The summed E-state index contributed by atoms with van der Waals surface area (Å²) in [5, 5.41) is 0. The van der Waals surface area contributed by atoms with Crippen molar-refractivity contribution < 1.29 is 9.53 Å². The van der Waals surface area contributed by atoms with Gasteiger partial charge in [0.2, 0.25) is 0 Å². The SMILES string of the molecule is Cc1c(C#Cc2ccccc2)cc(-c2ccccc2)n1C(=O)OC(C)(C)C. The monoisotopic (exact) mass is 357 g/mol. The average Bonchev–Trinajstić information content (AvgIpc) is 2.97. The van der Waals surface area contributed by atoms with E-state index in [-0.39, 0.29) is 0 Å². The summed E-state index contributed by atoms with van der Waals surface area (Å²) in [5.41, 5.74) is 3.66. The molecule has 136 valence electrons. The molecule has 0 unspecified atom stereocenters. The number of carbonyl (C=O) groups excluding carboxylic acids is 1. The zero-order chi connectivity index (χ0) is 19.4. The molecule has 2 aromatic carbocycles. The van der Waals surface area contributed by atoms with E-state index in [1.807, 2.05) is 94.4 Å². The third kappa shape index (κ3) is 4.48. The minimum absolute atomic E-state index is 0.397. The Bertz CT molecular complexity index is 998. The molecule has 27 heavy (non-hydrogen) atoms. The highest BCUT2D eigenvalue weighted by atomic mass is 16.6. The Morgan fingerprint density at radius 1 is 0.926 bits per heavy atom. The van der Waals surface area contributed by atoms with Crippen LogP contribution >= 0.6 is 0 Å². The number of carbonyl (C=O) groups is 1. The second-order valence-electron chi connectivity index (χ2n) is 7.33. The maximum atomic E-state index is 12.9. The molecule has 0 bridgehead atoms. The minimum Gasteiger partial charge on any atom is -0.443 e. The molecular weight excluding hydrogens is 334 g/mol. The highest BCUT2D eigenvalue weighted by Gasteiger charge is 2.23. The molecular formula is C24H23NO2. The van der Waals surface area contributed by atoms with Crippen molar-refractivity contribution in [3.05, 3.63) is 83.6 Å². The molecule has 3 rings (SSSR count). The van der Waals surface area contributed by atoms with Crippen molar-refractivity contribution in [2.45, 2.75) is 33.3 Å². The molecule has 0 N–H and O–H groups in total. The summed E-state index contributed by atoms with van der Waals surface area (Å²) < 4.78 is 7.23. The first-order valence-electron chi connectivity index (χ1n) is 8.93. The third-order valence-corrected chi connectivity index (χ3v) is 4.01. The summed E-state index contributed by atoms with van der Waals surface area (Å²) in [6.45, 7) is 7.48. The Hall–Kier alpha value is -3.25. The van der Waals surface area contributed by atoms with E-state index in [0.29, 0.717) is 0 Å². The van der Waals surface area contributed by atoms with Gasteiger partial charge in [0, 0.05) is 16.8 Å². The minimum atomic E-state index is -0.572. The lowest BCUT2D eigenvalue weighted by molar-refractivity contribution is 0.0537.